The zero-order valence-corrected chi connectivity index (χ0v) is 31.7. The Kier molecular flexibility index (Phi) is 12.8. The van der Waals surface area contributed by atoms with Gasteiger partial charge in [-0.1, -0.05) is 109 Å². The number of para-hydroxylation sites is 1. The standard InChI is InChI=1S/C46H48N4O7/c51-27-33(23-30-13-3-1-4-14-30)48-43(52)25-31-15-5-2-6-22-42(45(54)56-28-34(49-44(31)53)24-32-26-47-41-21-12-11-16-35(32)41)50-46(55)57-29-40-38-19-9-7-17-36(38)37-18-8-10-20-39(37)40/h1-5,7-14,16-21,26,31,33-34,40,42,47,51H,6,15,22-25,27-29H2,(H,48,52)(H,49,53)(H,50,55)/t31-,33-,34+,42+/m1/s1. The van der Waals surface area contributed by atoms with Crippen LogP contribution in [0, 0.1) is 5.92 Å². The van der Waals surface area contributed by atoms with Crippen LogP contribution in [0.3, 0.4) is 0 Å². The van der Waals surface area contributed by atoms with Gasteiger partial charge in [-0.25, -0.2) is 9.59 Å². The number of esters is 1. The number of carbonyl (C=O) groups is 4. The first kappa shape index (κ1) is 39.1. The van der Waals surface area contributed by atoms with Gasteiger partial charge in [-0.3, -0.25) is 9.59 Å². The van der Waals surface area contributed by atoms with Gasteiger partial charge in [0.1, 0.15) is 19.3 Å². The summed E-state index contributed by atoms with van der Waals surface area (Å²) in [5.74, 6) is -2.21. The Morgan fingerprint density at radius 1 is 0.877 bits per heavy atom. The largest absolute Gasteiger partial charge is 0.462 e. The summed E-state index contributed by atoms with van der Waals surface area (Å²) in [6.45, 7) is -0.315. The van der Waals surface area contributed by atoms with Gasteiger partial charge in [-0.2, -0.15) is 0 Å². The Hall–Kier alpha value is -6.20. The summed E-state index contributed by atoms with van der Waals surface area (Å²) in [7, 11) is 0. The second kappa shape index (κ2) is 18.6. The summed E-state index contributed by atoms with van der Waals surface area (Å²) in [4.78, 5) is 57.4. The number of ether oxygens (including phenoxy) is 2. The Morgan fingerprint density at radius 2 is 1.58 bits per heavy atom. The summed E-state index contributed by atoms with van der Waals surface area (Å²) >= 11 is 0. The van der Waals surface area contributed by atoms with Crippen molar-refractivity contribution in [1.82, 2.24) is 20.9 Å². The molecule has 11 nitrogen and oxygen atoms in total. The highest BCUT2D eigenvalue weighted by Gasteiger charge is 2.31. The lowest BCUT2D eigenvalue weighted by Crippen LogP contribution is -2.47. The molecule has 0 radical (unpaired) electrons. The van der Waals surface area contributed by atoms with E-state index in [2.05, 4.69) is 33.1 Å². The van der Waals surface area contributed by atoms with Crippen LogP contribution in [0.1, 0.15) is 53.9 Å². The first-order valence-corrected chi connectivity index (χ1v) is 19.6. The van der Waals surface area contributed by atoms with E-state index in [1.54, 1.807) is 0 Å². The maximum absolute atomic E-state index is 13.9. The van der Waals surface area contributed by atoms with Crippen LogP contribution in [-0.2, 0) is 36.7 Å². The Balaban J connectivity index is 1.04. The molecule has 4 aromatic carbocycles. The maximum atomic E-state index is 13.9. The van der Waals surface area contributed by atoms with E-state index in [9.17, 15) is 24.3 Å². The summed E-state index contributed by atoms with van der Waals surface area (Å²) in [6.07, 6.45) is 6.39. The molecule has 1 aliphatic heterocycles. The number of allylic oxidation sites excluding steroid dienone is 2. The fourth-order valence-electron chi connectivity index (χ4n) is 7.85. The minimum Gasteiger partial charge on any atom is -0.462 e. The van der Waals surface area contributed by atoms with Crippen molar-refractivity contribution in [2.45, 2.75) is 62.6 Å². The van der Waals surface area contributed by atoms with Crippen molar-refractivity contribution >= 4 is 34.8 Å². The Morgan fingerprint density at radius 3 is 2.33 bits per heavy atom. The van der Waals surface area contributed by atoms with Crippen molar-refractivity contribution < 1.29 is 33.8 Å². The van der Waals surface area contributed by atoms with Crippen molar-refractivity contribution in [3.8, 4) is 11.1 Å². The van der Waals surface area contributed by atoms with E-state index < -0.39 is 36.1 Å². The van der Waals surface area contributed by atoms with E-state index in [1.165, 1.54) is 0 Å². The van der Waals surface area contributed by atoms with Crippen molar-refractivity contribution in [3.05, 3.63) is 144 Å². The normalized spacial score (nSPS) is 19.1. The fraction of sp³-hybridized carbons (Fsp3) is 0.304. The van der Waals surface area contributed by atoms with Crippen LogP contribution in [0.4, 0.5) is 4.79 Å². The minimum absolute atomic E-state index is 0.0977. The third kappa shape index (κ3) is 9.79. The van der Waals surface area contributed by atoms with Crippen LogP contribution in [-0.4, -0.2) is 71.9 Å². The van der Waals surface area contributed by atoms with E-state index in [-0.39, 0.29) is 56.8 Å². The molecule has 3 amide bonds. The molecule has 0 bridgehead atoms. The van der Waals surface area contributed by atoms with E-state index >= 15 is 0 Å². The molecule has 2 aliphatic rings. The van der Waals surface area contributed by atoms with Gasteiger partial charge in [0.15, 0.2) is 0 Å². The molecule has 0 unspecified atom stereocenters. The van der Waals surface area contributed by atoms with Gasteiger partial charge in [0.05, 0.1) is 24.6 Å². The van der Waals surface area contributed by atoms with Crippen molar-refractivity contribution in [3.63, 3.8) is 0 Å². The predicted octanol–water partition coefficient (Wildman–Crippen LogP) is 6.11. The smallest absolute Gasteiger partial charge is 0.407 e. The topological polar surface area (TPSA) is 159 Å². The molecule has 11 heteroatoms. The van der Waals surface area contributed by atoms with Crippen molar-refractivity contribution in [1.29, 1.82) is 0 Å². The molecule has 7 rings (SSSR count). The number of fused-ring (bicyclic) bond motifs is 4. The number of amides is 3. The Labute approximate surface area is 331 Å². The SMILES string of the molecule is O=C(C[C@H]1CC=CCC[C@H](NC(=O)OCC2c3ccccc3-c3ccccc32)C(=O)OC[C@H](Cc2c[nH]c3ccccc23)NC1=O)N[C@@H](CO)Cc1ccccc1. The van der Waals surface area contributed by atoms with Crippen LogP contribution in [0.2, 0.25) is 0 Å². The molecule has 1 aromatic heterocycles. The number of hydrogen-bond acceptors (Lipinski definition) is 7. The number of rotatable bonds is 11. The zero-order chi connectivity index (χ0) is 39.6. The van der Waals surface area contributed by atoms with E-state index in [4.69, 9.17) is 9.47 Å². The third-order valence-electron chi connectivity index (χ3n) is 10.8. The molecular formula is C46H48N4O7. The molecule has 5 aromatic rings. The van der Waals surface area contributed by atoms with Gasteiger partial charge in [0, 0.05) is 29.4 Å². The molecule has 2 heterocycles. The molecule has 0 spiro atoms. The average Bonchev–Trinajstić information content (AvgIpc) is 3.79. The monoisotopic (exact) mass is 768 g/mol. The van der Waals surface area contributed by atoms with Gasteiger partial charge in [0.2, 0.25) is 11.8 Å². The third-order valence-corrected chi connectivity index (χ3v) is 10.8. The number of cyclic esters (lactones) is 1. The number of aromatic nitrogens is 1. The molecule has 0 saturated carbocycles. The van der Waals surface area contributed by atoms with Crippen molar-refractivity contribution in [2.75, 3.05) is 19.8 Å². The lowest BCUT2D eigenvalue weighted by molar-refractivity contribution is -0.147. The van der Waals surface area contributed by atoms with Crippen molar-refractivity contribution in [2.24, 2.45) is 5.92 Å². The van der Waals surface area contributed by atoms with E-state index in [1.807, 2.05) is 109 Å². The fourth-order valence-corrected chi connectivity index (χ4v) is 7.85. The summed E-state index contributed by atoms with van der Waals surface area (Å²) in [6, 6.07) is 31.4. The number of aliphatic hydroxyl groups excluding tert-OH is 1. The van der Waals surface area contributed by atoms with Crippen LogP contribution < -0.4 is 16.0 Å². The second-order valence-electron chi connectivity index (χ2n) is 14.7. The highest BCUT2D eigenvalue weighted by atomic mass is 16.6. The van der Waals surface area contributed by atoms with Crippen LogP contribution in [0.15, 0.2) is 121 Å². The lowest BCUT2D eigenvalue weighted by Gasteiger charge is -2.24. The van der Waals surface area contributed by atoms with Gasteiger partial charge in [-0.05, 0) is 71.6 Å². The van der Waals surface area contributed by atoms with Gasteiger partial charge in [0.25, 0.3) is 0 Å². The van der Waals surface area contributed by atoms with E-state index in [0.717, 1.165) is 44.3 Å². The van der Waals surface area contributed by atoms with E-state index in [0.29, 0.717) is 19.3 Å². The molecule has 0 saturated heterocycles. The highest BCUT2D eigenvalue weighted by molar-refractivity contribution is 5.87. The molecular weight excluding hydrogens is 721 g/mol. The highest BCUT2D eigenvalue weighted by Crippen LogP contribution is 2.44. The maximum Gasteiger partial charge on any atom is 0.407 e. The number of benzene rings is 4. The number of aliphatic hydroxyl groups is 1. The van der Waals surface area contributed by atoms with Crippen LogP contribution in [0.25, 0.3) is 22.0 Å². The first-order chi connectivity index (χ1) is 27.9. The summed E-state index contributed by atoms with van der Waals surface area (Å²) in [5, 5.41) is 19.7. The Bertz CT molecular complexity index is 2170. The number of alkyl carbamates (subject to hydrolysis) is 1. The molecule has 4 atom stereocenters. The number of carbonyl (C=O) groups excluding carboxylic acids is 4. The zero-order valence-electron chi connectivity index (χ0n) is 31.7. The molecule has 0 fully saturated rings. The predicted molar refractivity (Wildman–Crippen MR) is 217 cm³/mol. The van der Waals surface area contributed by atoms with Gasteiger partial charge < -0.3 is 35.5 Å². The number of aromatic amines is 1. The number of H-pyrrole nitrogens is 1. The van der Waals surface area contributed by atoms with Gasteiger partial charge in [-0.15, -0.1) is 0 Å². The summed E-state index contributed by atoms with van der Waals surface area (Å²) < 4.78 is 11.6. The lowest BCUT2D eigenvalue weighted by atomic mass is 9.97. The quantitative estimate of drug-likeness (QED) is 0.0801. The number of nitrogens with one attached hydrogen (secondary N) is 4. The number of hydrogen-bond donors (Lipinski definition) is 5. The first-order valence-electron chi connectivity index (χ1n) is 19.6. The minimum atomic E-state index is -1.00. The molecule has 1 aliphatic carbocycles. The van der Waals surface area contributed by atoms with Crippen LogP contribution >= 0.6 is 0 Å². The van der Waals surface area contributed by atoms with Gasteiger partial charge >= 0.3 is 12.1 Å². The van der Waals surface area contributed by atoms with Crippen LogP contribution in [0.5, 0.6) is 0 Å². The molecule has 5 N–H and O–H groups in total. The average molecular weight is 769 g/mol. The second-order valence-corrected chi connectivity index (χ2v) is 14.7. The summed E-state index contributed by atoms with van der Waals surface area (Å²) in [5.41, 5.74) is 7.22. The molecule has 57 heavy (non-hydrogen) atoms. The molecule has 294 valence electrons.